The van der Waals surface area contributed by atoms with E-state index in [-0.39, 0.29) is 17.1 Å². The summed E-state index contributed by atoms with van der Waals surface area (Å²) in [5, 5.41) is 20.0. The Labute approximate surface area is 128 Å². The maximum absolute atomic E-state index is 11.7. The van der Waals surface area contributed by atoms with E-state index in [1.807, 2.05) is 0 Å². The van der Waals surface area contributed by atoms with E-state index in [2.05, 4.69) is 19.5 Å². The van der Waals surface area contributed by atoms with Crippen molar-refractivity contribution in [1.29, 1.82) is 0 Å². The molecule has 0 bridgehead atoms. The van der Waals surface area contributed by atoms with Gasteiger partial charge in [0.2, 0.25) is 5.95 Å². The van der Waals surface area contributed by atoms with Crippen molar-refractivity contribution in [3.8, 4) is 0 Å². The largest absolute Gasteiger partial charge is 0.387 e. The number of fused-ring (bicyclic) bond motifs is 1. The number of nitrogen functional groups attached to an aromatic ring is 1. The zero-order valence-corrected chi connectivity index (χ0v) is 12.3. The summed E-state index contributed by atoms with van der Waals surface area (Å²) < 4.78 is 21.7. The average molecular weight is 346 g/mol. The van der Waals surface area contributed by atoms with Gasteiger partial charge in [-0.15, -0.1) is 0 Å². The number of ether oxygens (including phenoxy) is 1. The van der Waals surface area contributed by atoms with Gasteiger partial charge in [-0.25, -0.2) is 9.55 Å². The topological polar surface area (TPSA) is 186 Å². The predicted octanol–water partition coefficient (Wildman–Crippen LogP) is -2.01. The first-order chi connectivity index (χ1) is 10.9. The number of hydrogen-bond donors (Lipinski definition) is 5. The van der Waals surface area contributed by atoms with Crippen LogP contribution >= 0.6 is 8.25 Å². The van der Waals surface area contributed by atoms with Crippen molar-refractivity contribution in [1.82, 2.24) is 19.5 Å². The lowest BCUT2D eigenvalue weighted by Gasteiger charge is -2.16. The van der Waals surface area contributed by atoms with Gasteiger partial charge in [-0.05, 0) is 0 Å². The Hall–Kier alpha value is -1.95. The standard InChI is InChI=1S/C10H13N5O7P/c11-10-13-7-4(8(18)14-10)12-2-15(7)9-6(17)5(16)3(22-9)1-21-23(19)20/h2-3,5-6,9,16-17H,1H2,(H,19,20)(H3,11,13,14,18)/t3-,5-,6-,9-/m1/s1. The van der Waals surface area contributed by atoms with Crippen molar-refractivity contribution in [2.75, 3.05) is 12.3 Å². The van der Waals surface area contributed by atoms with Crippen LogP contribution in [0.1, 0.15) is 6.23 Å². The molecule has 0 amide bonds. The lowest BCUT2D eigenvalue weighted by atomic mass is 10.1. The van der Waals surface area contributed by atoms with Gasteiger partial charge in [0.15, 0.2) is 17.4 Å². The molecule has 1 fully saturated rings. The number of aliphatic hydroxyl groups excluding tert-OH is 2. The molecular weight excluding hydrogens is 333 g/mol. The summed E-state index contributed by atoms with van der Waals surface area (Å²) in [4.78, 5) is 30.4. The summed E-state index contributed by atoms with van der Waals surface area (Å²) in [6.07, 6.45) is -3.71. The number of aliphatic hydroxyl groups is 2. The van der Waals surface area contributed by atoms with Gasteiger partial charge >= 0.3 is 8.25 Å². The Morgan fingerprint density at radius 2 is 2.22 bits per heavy atom. The highest BCUT2D eigenvalue weighted by Crippen LogP contribution is 2.32. The normalized spacial score (nSPS) is 28.4. The minimum Gasteiger partial charge on any atom is -0.387 e. The average Bonchev–Trinajstić information content (AvgIpc) is 3.00. The van der Waals surface area contributed by atoms with Crippen LogP contribution in [0.15, 0.2) is 11.1 Å². The minimum atomic E-state index is -2.86. The molecule has 23 heavy (non-hydrogen) atoms. The number of rotatable bonds is 4. The molecule has 1 saturated heterocycles. The van der Waals surface area contributed by atoms with E-state index in [0.29, 0.717) is 0 Å². The summed E-state index contributed by atoms with van der Waals surface area (Å²) >= 11 is 0. The number of nitrogens with two attached hydrogens (primary N) is 1. The predicted molar refractivity (Wildman–Crippen MR) is 74.3 cm³/mol. The lowest BCUT2D eigenvalue weighted by molar-refractivity contribution is -0.0476. The first-order valence-electron chi connectivity index (χ1n) is 6.41. The molecule has 6 N–H and O–H groups in total. The Balaban J connectivity index is 1.93. The van der Waals surface area contributed by atoms with E-state index in [0.717, 1.165) is 0 Å². The van der Waals surface area contributed by atoms with E-state index >= 15 is 0 Å². The minimum absolute atomic E-state index is 0.0115. The fourth-order valence-electron chi connectivity index (χ4n) is 2.36. The molecule has 5 atom stereocenters. The number of nitrogens with zero attached hydrogens (tertiary/aromatic N) is 3. The highest BCUT2D eigenvalue weighted by Gasteiger charge is 2.44. The number of anilines is 1. The van der Waals surface area contributed by atoms with Crippen molar-refractivity contribution in [2.45, 2.75) is 24.5 Å². The van der Waals surface area contributed by atoms with Gasteiger partial charge in [0.25, 0.3) is 5.56 Å². The second-order valence-electron chi connectivity index (χ2n) is 4.86. The van der Waals surface area contributed by atoms with Crippen LogP contribution in [0.5, 0.6) is 0 Å². The molecule has 1 aliphatic heterocycles. The first kappa shape index (κ1) is 15.9. The van der Waals surface area contributed by atoms with Gasteiger partial charge in [-0.3, -0.25) is 23.8 Å². The van der Waals surface area contributed by atoms with Crippen LogP contribution in [0, 0.1) is 0 Å². The van der Waals surface area contributed by atoms with Crippen molar-refractivity contribution < 1.29 is 28.9 Å². The Kier molecular flexibility index (Phi) is 4.10. The maximum atomic E-state index is 11.7. The van der Waals surface area contributed by atoms with Crippen LogP contribution in [-0.2, 0) is 13.8 Å². The van der Waals surface area contributed by atoms with E-state index in [4.69, 9.17) is 15.4 Å². The van der Waals surface area contributed by atoms with Crippen LogP contribution in [0.25, 0.3) is 11.2 Å². The zero-order chi connectivity index (χ0) is 16.7. The molecular formula is C10H13N5O7P. The fourth-order valence-corrected chi connectivity index (χ4v) is 2.64. The third kappa shape index (κ3) is 2.83. The highest BCUT2D eigenvalue weighted by molar-refractivity contribution is 7.32. The van der Waals surface area contributed by atoms with Gasteiger partial charge < -0.3 is 20.7 Å². The van der Waals surface area contributed by atoms with Crippen LogP contribution in [-0.4, -0.2) is 59.5 Å². The molecule has 125 valence electrons. The summed E-state index contributed by atoms with van der Waals surface area (Å²) in [7, 11) is -2.86. The molecule has 3 rings (SSSR count). The summed E-state index contributed by atoms with van der Waals surface area (Å²) in [6, 6.07) is 0. The SMILES string of the molecule is Nc1nc2c(ncn2[C@@H]2O[C@H](CO[P](=O)O)[C@@H](O)[C@H]2O)c(=O)[nH]1. The van der Waals surface area contributed by atoms with E-state index < -0.39 is 45.0 Å². The van der Waals surface area contributed by atoms with E-state index in [1.54, 1.807) is 0 Å². The summed E-state index contributed by atoms with van der Waals surface area (Å²) in [5.74, 6) is -0.144. The Morgan fingerprint density at radius 1 is 1.48 bits per heavy atom. The van der Waals surface area contributed by atoms with Crippen LogP contribution in [0.2, 0.25) is 0 Å². The number of nitrogens with one attached hydrogen (secondary N) is 1. The van der Waals surface area contributed by atoms with Gasteiger partial charge in [-0.1, -0.05) is 0 Å². The van der Waals surface area contributed by atoms with Gasteiger partial charge in [0, 0.05) is 0 Å². The molecule has 2 aromatic heterocycles. The Bertz CT molecular complexity index is 806. The molecule has 0 aromatic carbocycles. The molecule has 13 heteroatoms. The lowest BCUT2D eigenvalue weighted by Crippen LogP contribution is -2.33. The van der Waals surface area contributed by atoms with Crippen LogP contribution in [0.3, 0.4) is 0 Å². The second-order valence-corrected chi connectivity index (χ2v) is 5.59. The first-order valence-corrected chi connectivity index (χ1v) is 7.54. The van der Waals surface area contributed by atoms with Crippen LogP contribution < -0.4 is 11.3 Å². The molecule has 1 radical (unpaired) electrons. The zero-order valence-electron chi connectivity index (χ0n) is 11.4. The van der Waals surface area contributed by atoms with Crippen LogP contribution in [0.4, 0.5) is 5.95 Å². The fraction of sp³-hybridized carbons (Fsp3) is 0.500. The van der Waals surface area contributed by atoms with E-state index in [1.165, 1.54) is 10.9 Å². The smallest absolute Gasteiger partial charge is 0.366 e. The number of aromatic nitrogens is 4. The third-order valence-corrected chi connectivity index (χ3v) is 3.78. The molecule has 12 nitrogen and oxygen atoms in total. The maximum Gasteiger partial charge on any atom is 0.366 e. The van der Waals surface area contributed by atoms with Crippen molar-refractivity contribution >= 4 is 25.4 Å². The number of H-pyrrole nitrogens is 1. The molecule has 1 unspecified atom stereocenters. The number of aromatic amines is 1. The highest BCUT2D eigenvalue weighted by atomic mass is 31.1. The van der Waals surface area contributed by atoms with Crippen molar-refractivity contribution in [3.63, 3.8) is 0 Å². The Morgan fingerprint density at radius 3 is 2.91 bits per heavy atom. The summed E-state index contributed by atoms with van der Waals surface area (Å²) in [6.45, 7) is -0.400. The van der Waals surface area contributed by atoms with Crippen molar-refractivity contribution in [3.05, 3.63) is 16.7 Å². The third-order valence-electron chi connectivity index (χ3n) is 3.41. The van der Waals surface area contributed by atoms with Gasteiger partial charge in [0.05, 0.1) is 12.9 Å². The monoisotopic (exact) mass is 346 g/mol. The second kappa shape index (κ2) is 5.92. The number of imidazole rings is 1. The molecule has 2 aromatic rings. The molecule has 0 aliphatic carbocycles. The molecule has 0 saturated carbocycles. The van der Waals surface area contributed by atoms with Crippen molar-refractivity contribution in [2.24, 2.45) is 0 Å². The molecule has 3 heterocycles. The summed E-state index contributed by atoms with van der Waals surface area (Å²) in [5.41, 5.74) is 4.98. The van der Waals surface area contributed by atoms with E-state index in [9.17, 15) is 19.6 Å². The molecule has 1 aliphatic rings. The quantitative estimate of drug-likeness (QED) is 0.387. The number of hydrogen-bond acceptors (Lipinski definition) is 9. The van der Waals surface area contributed by atoms with Gasteiger partial charge in [-0.2, -0.15) is 4.98 Å². The molecule has 0 spiro atoms. The van der Waals surface area contributed by atoms with Gasteiger partial charge in [0.1, 0.15) is 18.3 Å².